The number of methoxy groups -OCH3 is 1. The van der Waals surface area contributed by atoms with Crippen molar-refractivity contribution in [1.29, 1.82) is 0 Å². The number of likely N-dealkylation sites (tertiary alicyclic amines) is 1. The number of urea groups is 1. The van der Waals surface area contributed by atoms with Crippen LogP contribution < -0.4 is 10.7 Å². The summed E-state index contributed by atoms with van der Waals surface area (Å²) < 4.78 is 16.7. The van der Waals surface area contributed by atoms with Crippen LogP contribution in [0.25, 0.3) is 0 Å². The summed E-state index contributed by atoms with van der Waals surface area (Å²) in [6.45, 7) is 6.38. The highest BCUT2D eigenvalue weighted by Gasteiger charge is 2.33. The average Bonchev–Trinajstić information content (AvgIpc) is 3.21. The molecule has 0 bridgehead atoms. The Kier molecular flexibility index (Phi) is 12.9. The van der Waals surface area contributed by atoms with Gasteiger partial charge in [-0.25, -0.2) is 15.0 Å². The number of carbonyl (C=O) groups excluding carboxylic acids is 2. The molecule has 2 heterocycles. The molecule has 0 radical (unpaired) electrons. The third-order valence-corrected chi connectivity index (χ3v) is 7.79. The largest absolute Gasteiger partial charge is 0.453 e. The van der Waals surface area contributed by atoms with Crippen LogP contribution in [0.1, 0.15) is 62.2 Å². The number of halogens is 1. The Morgan fingerprint density at radius 2 is 2.11 bits per heavy atom. The second-order valence-corrected chi connectivity index (χ2v) is 10.7. The number of hydrogen-bond acceptors (Lipinski definition) is 6. The van der Waals surface area contributed by atoms with E-state index in [1.54, 1.807) is 5.01 Å². The standard InChI is InChI=1S/C28H45ClN4O5/c1-21-11-12-24(29)18-25(21)26(38-17-13-31-27(34)36-3)23-10-7-14-32(19-23)28(35)33(30-2)15-6-9-22-8-4-5-16-37-20-22/h11-12,18,22-23,26,30H,4-10,13-17,19-20H2,1-3H3,(H,31,34)/t22?,23?,26-/m1/s1. The Morgan fingerprint density at radius 1 is 1.26 bits per heavy atom. The van der Waals surface area contributed by atoms with Gasteiger partial charge in [0, 0.05) is 57.4 Å². The van der Waals surface area contributed by atoms with Crippen molar-refractivity contribution in [3.63, 3.8) is 0 Å². The van der Waals surface area contributed by atoms with Crippen LogP contribution in [0.4, 0.5) is 9.59 Å². The van der Waals surface area contributed by atoms with Crippen molar-refractivity contribution in [1.82, 2.24) is 20.7 Å². The van der Waals surface area contributed by atoms with Gasteiger partial charge in [0.25, 0.3) is 0 Å². The Bertz CT molecular complexity index is 881. The van der Waals surface area contributed by atoms with E-state index in [-0.39, 0.29) is 18.1 Å². The fraction of sp³-hybridized carbons (Fsp3) is 0.714. The van der Waals surface area contributed by atoms with E-state index in [0.29, 0.717) is 37.2 Å². The first-order chi connectivity index (χ1) is 18.4. The number of amides is 3. The van der Waals surface area contributed by atoms with Crippen molar-refractivity contribution >= 4 is 23.7 Å². The number of ether oxygens (including phenoxy) is 3. The van der Waals surface area contributed by atoms with E-state index in [4.69, 9.17) is 21.1 Å². The molecule has 2 fully saturated rings. The maximum absolute atomic E-state index is 13.5. The summed E-state index contributed by atoms with van der Waals surface area (Å²) in [6.07, 6.45) is 6.69. The van der Waals surface area contributed by atoms with Gasteiger partial charge in [-0.3, -0.25) is 5.01 Å². The molecule has 0 aliphatic carbocycles. The molecule has 10 heteroatoms. The number of piperidine rings is 1. The molecule has 3 amide bonds. The van der Waals surface area contributed by atoms with Crippen molar-refractivity contribution in [3.05, 3.63) is 34.3 Å². The van der Waals surface area contributed by atoms with Gasteiger partial charge >= 0.3 is 12.1 Å². The number of hydrazine groups is 1. The lowest BCUT2D eigenvalue weighted by Gasteiger charge is -2.39. The van der Waals surface area contributed by atoms with Crippen LogP contribution in [0.2, 0.25) is 5.02 Å². The lowest BCUT2D eigenvalue weighted by molar-refractivity contribution is -0.0118. The third kappa shape index (κ3) is 9.29. The Labute approximate surface area is 232 Å². The van der Waals surface area contributed by atoms with E-state index < -0.39 is 6.09 Å². The van der Waals surface area contributed by atoms with Gasteiger partial charge in [0.15, 0.2) is 0 Å². The first kappa shape index (κ1) is 30.5. The van der Waals surface area contributed by atoms with Gasteiger partial charge < -0.3 is 24.4 Å². The van der Waals surface area contributed by atoms with Crippen LogP contribution >= 0.6 is 11.6 Å². The molecule has 2 N–H and O–H groups in total. The molecule has 3 atom stereocenters. The van der Waals surface area contributed by atoms with Crippen LogP contribution in [-0.2, 0) is 14.2 Å². The minimum absolute atomic E-state index is 0.00300. The molecule has 0 saturated carbocycles. The van der Waals surface area contributed by atoms with Gasteiger partial charge in [0.1, 0.15) is 0 Å². The topological polar surface area (TPSA) is 92.4 Å². The maximum Gasteiger partial charge on any atom is 0.406 e. The molecule has 2 aliphatic rings. The maximum atomic E-state index is 13.5. The summed E-state index contributed by atoms with van der Waals surface area (Å²) in [7, 11) is 3.14. The van der Waals surface area contributed by atoms with E-state index in [2.05, 4.69) is 15.5 Å². The molecule has 1 aromatic carbocycles. The summed E-state index contributed by atoms with van der Waals surface area (Å²) in [5, 5.41) is 5.05. The fourth-order valence-electron chi connectivity index (χ4n) is 5.45. The van der Waals surface area contributed by atoms with E-state index >= 15 is 0 Å². The minimum atomic E-state index is -0.489. The second-order valence-electron chi connectivity index (χ2n) is 10.3. The van der Waals surface area contributed by atoms with E-state index in [1.807, 2.05) is 37.1 Å². The zero-order valence-electron chi connectivity index (χ0n) is 23.2. The van der Waals surface area contributed by atoms with Crippen molar-refractivity contribution in [2.45, 2.75) is 58.0 Å². The second kappa shape index (κ2) is 16.1. The number of aryl methyl sites for hydroxylation is 1. The molecule has 9 nitrogen and oxygen atoms in total. The van der Waals surface area contributed by atoms with Gasteiger partial charge in [0.05, 0.1) is 19.8 Å². The zero-order chi connectivity index (χ0) is 27.3. The summed E-state index contributed by atoms with van der Waals surface area (Å²) >= 11 is 6.36. The fourth-order valence-corrected chi connectivity index (χ4v) is 5.63. The number of alkyl carbamates (subject to hydrolysis) is 1. The molecular weight excluding hydrogens is 508 g/mol. The molecule has 2 saturated heterocycles. The summed E-state index contributed by atoms with van der Waals surface area (Å²) in [6, 6.07) is 5.82. The van der Waals surface area contributed by atoms with Crippen molar-refractivity contribution in [2.75, 3.05) is 60.2 Å². The Hall–Kier alpha value is -2.07. The lowest BCUT2D eigenvalue weighted by atomic mass is 9.86. The predicted molar refractivity (Wildman–Crippen MR) is 148 cm³/mol. The average molecular weight is 553 g/mol. The number of rotatable bonds is 11. The monoisotopic (exact) mass is 552 g/mol. The molecule has 2 unspecified atom stereocenters. The molecule has 0 aromatic heterocycles. The molecule has 1 aromatic rings. The number of carbonyl (C=O) groups is 2. The van der Waals surface area contributed by atoms with Gasteiger partial charge in [0.2, 0.25) is 0 Å². The van der Waals surface area contributed by atoms with Crippen LogP contribution in [-0.4, -0.2) is 82.2 Å². The number of hydrogen-bond donors (Lipinski definition) is 2. The molecule has 3 rings (SSSR count). The van der Waals surface area contributed by atoms with Gasteiger partial charge in [-0.05, 0) is 74.6 Å². The normalized spacial score (nSPS) is 20.9. The highest BCUT2D eigenvalue weighted by molar-refractivity contribution is 6.30. The number of nitrogens with one attached hydrogen (secondary N) is 2. The molecule has 214 valence electrons. The highest BCUT2D eigenvalue weighted by atomic mass is 35.5. The number of benzene rings is 1. The first-order valence-corrected chi connectivity index (χ1v) is 14.3. The predicted octanol–water partition coefficient (Wildman–Crippen LogP) is 4.93. The van der Waals surface area contributed by atoms with Crippen LogP contribution in [0.5, 0.6) is 0 Å². The van der Waals surface area contributed by atoms with Crippen molar-refractivity contribution in [2.24, 2.45) is 11.8 Å². The summed E-state index contributed by atoms with van der Waals surface area (Å²) in [5.41, 5.74) is 5.22. The Morgan fingerprint density at radius 3 is 2.89 bits per heavy atom. The van der Waals surface area contributed by atoms with Crippen LogP contribution in [0.15, 0.2) is 18.2 Å². The van der Waals surface area contributed by atoms with E-state index in [0.717, 1.165) is 63.0 Å². The molecule has 38 heavy (non-hydrogen) atoms. The third-order valence-electron chi connectivity index (χ3n) is 7.56. The van der Waals surface area contributed by atoms with Gasteiger partial charge in [-0.2, -0.15) is 0 Å². The summed E-state index contributed by atoms with van der Waals surface area (Å²) in [4.78, 5) is 26.9. The minimum Gasteiger partial charge on any atom is -0.453 e. The van der Waals surface area contributed by atoms with Crippen molar-refractivity contribution < 1.29 is 23.8 Å². The SMILES string of the molecule is CNN(CCCC1CCCCOC1)C(=O)N1CCCC([C@@H](OCCNC(=O)OC)c2cc(Cl)ccc2C)C1. The van der Waals surface area contributed by atoms with Gasteiger partial charge in [-0.1, -0.05) is 24.1 Å². The van der Waals surface area contributed by atoms with E-state index in [9.17, 15) is 9.59 Å². The molecule has 0 spiro atoms. The molecular formula is C28H45ClN4O5. The highest BCUT2D eigenvalue weighted by Crippen LogP contribution is 2.36. The zero-order valence-corrected chi connectivity index (χ0v) is 23.9. The van der Waals surface area contributed by atoms with Crippen LogP contribution in [0.3, 0.4) is 0 Å². The van der Waals surface area contributed by atoms with Crippen molar-refractivity contribution in [3.8, 4) is 0 Å². The van der Waals surface area contributed by atoms with Gasteiger partial charge in [-0.15, -0.1) is 0 Å². The molecule has 2 aliphatic heterocycles. The number of nitrogens with zero attached hydrogens (tertiary/aromatic N) is 2. The first-order valence-electron chi connectivity index (χ1n) is 13.9. The smallest absolute Gasteiger partial charge is 0.406 e. The van der Waals surface area contributed by atoms with Crippen LogP contribution in [0, 0.1) is 18.8 Å². The summed E-state index contributed by atoms with van der Waals surface area (Å²) in [5.74, 6) is 0.683. The quantitative estimate of drug-likeness (QED) is 0.299. The Balaban J connectivity index is 1.62. The van der Waals surface area contributed by atoms with E-state index in [1.165, 1.54) is 20.0 Å². The lowest BCUT2D eigenvalue weighted by Crippen LogP contribution is -2.52.